The number of carbonyl (C=O) groups is 1. The van der Waals surface area contributed by atoms with Crippen LogP contribution >= 0.6 is 0 Å². The van der Waals surface area contributed by atoms with Crippen LogP contribution in [0.1, 0.15) is 32.6 Å². The molecular formula is C10H20O5. The molecule has 0 radical (unpaired) electrons. The fourth-order valence-electron chi connectivity index (χ4n) is 0.988. The van der Waals surface area contributed by atoms with Gasteiger partial charge in [0.05, 0.1) is 13.2 Å². The normalized spacial score (nSPS) is 17.9. The SMILES string of the molecule is CCCC(O)O.O=CC1OCCCCO1. The average molecular weight is 220 g/mol. The first kappa shape index (κ1) is 14.5. The molecule has 1 aliphatic heterocycles. The van der Waals surface area contributed by atoms with Gasteiger partial charge in [0.25, 0.3) is 0 Å². The highest BCUT2D eigenvalue weighted by atomic mass is 16.7. The van der Waals surface area contributed by atoms with Crippen molar-refractivity contribution in [2.24, 2.45) is 0 Å². The van der Waals surface area contributed by atoms with Gasteiger partial charge >= 0.3 is 0 Å². The molecule has 0 aromatic rings. The van der Waals surface area contributed by atoms with Gasteiger partial charge in [0.2, 0.25) is 6.29 Å². The van der Waals surface area contributed by atoms with Crippen LogP contribution in [0.5, 0.6) is 0 Å². The van der Waals surface area contributed by atoms with E-state index in [9.17, 15) is 4.79 Å². The molecule has 1 saturated heterocycles. The highest BCUT2D eigenvalue weighted by Gasteiger charge is 2.09. The molecule has 0 aromatic heterocycles. The van der Waals surface area contributed by atoms with Crippen molar-refractivity contribution in [1.82, 2.24) is 0 Å². The molecule has 0 bridgehead atoms. The lowest BCUT2D eigenvalue weighted by molar-refractivity contribution is -0.151. The Morgan fingerprint density at radius 2 is 1.87 bits per heavy atom. The summed E-state index contributed by atoms with van der Waals surface area (Å²) in [6.07, 6.45) is 2.28. The molecular weight excluding hydrogens is 200 g/mol. The third-order valence-corrected chi connectivity index (χ3v) is 1.76. The Morgan fingerprint density at radius 1 is 1.33 bits per heavy atom. The number of ether oxygens (including phenoxy) is 2. The molecule has 15 heavy (non-hydrogen) atoms. The maximum atomic E-state index is 10.1. The Kier molecular flexibility index (Phi) is 9.71. The minimum Gasteiger partial charge on any atom is -0.368 e. The Balaban J connectivity index is 0.000000288. The first-order valence-corrected chi connectivity index (χ1v) is 5.25. The van der Waals surface area contributed by atoms with Gasteiger partial charge in [-0.25, -0.2) is 0 Å². The average Bonchev–Trinajstić information content (AvgIpc) is 2.46. The van der Waals surface area contributed by atoms with Crippen molar-refractivity contribution in [2.75, 3.05) is 13.2 Å². The van der Waals surface area contributed by atoms with Gasteiger partial charge in [0.1, 0.15) is 0 Å². The van der Waals surface area contributed by atoms with Crippen molar-refractivity contribution in [3.8, 4) is 0 Å². The van der Waals surface area contributed by atoms with E-state index in [2.05, 4.69) is 0 Å². The smallest absolute Gasteiger partial charge is 0.214 e. The summed E-state index contributed by atoms with van der Waals surface area (Å²) in [5.74, 6) is 0. The van der Waals surface area contributed by atoms with Crippen molar-refractivity contribution in [3.05, 3.63) is 0 Å². The molecule has 0 saturated carbocycles. The zero-order valence-electron chi connectivity index (χ0n) is 9.09. The molecule has 0 spiro atoms. The molecule has 5 nitrogen and oxygen atoms in total. The fraction of sp³-hybridized carbons (Fsp3) is 0.900. The Labute approximate surface area is 90.0 Å². The summed E-state index contributed by atoms with van der Waals surface area (Å²) in [6.45, 7) is 3.19. The first-order valence-electron chi connectivity index (χ1n) is 5.25. The molecule has 90 valence electrons. The lowest BCUT2D eigenvalue weighted by Gasteiger charge is -2.05. The highest BCUT2D eigenvalue weighted by Crippen LogP contribution is 2.02. The van der Waals surface area contributed by atoms with Crippen LogP contribution in [0, 0.1) is 0 Å². The van der Waals surface area contributed by atoms with Gasteiger partial charge < -0.3 is 19.7 Å². The maximum Gasteiger partial charge on any atom is 0.214 e. The molecule has 1 fully saturated rings. The van der Waals surface area contributed by atoms with E-state index in [0.29, 0.717) is 25.9 Å². The van der Waals surface area contributed by atoms with E-state index < -0.39 is 12.6 Å². The molecule has 1 aliphatic rings. The molecule has 0 aliphatic carbocycles. The van der Waals surface area contributed by atoms with Crippen molar-refractivity contribution in [2.45, 2.75) is 45.2 Å². The van der Waals surface area contributed by atoms with Gasteiger partial charge in [0, 0.05) is 0 Å². The Bertz CT molecular complexity index is 141. The first-order chi connectivity index (χ1) is 7.20. The number of rotatable bonds is 3. The van der Waals surface area contributed by atoms with Crippen LogP contribution in [-0.4, -0.2) is 42.3 Å². The van der Waals surface area contributed by atoms with Crippen LogP contribution < -0.4 is 0 Å². The van der Waals surface area contributed by atoms with Crippen molar-refractivity contribution in [3.63, 3.8) is 0 Å². The molecule has 1 rings (SSSR count). The number of carbonyl (C=O) groups excluding carboxylic acids is 1. The summed E-state index contributed by atoms with van der Waals surface area (Å²) in [5.41, 5.74) is 0. The van der Waals surface area contributed by atoms with E-state index in [-0.39, 0.29) is 0 Å². The predicted octanol–water partition coefficient (Wildman–Crippen LogP) is 0.436. The Hall–Kier alpha value is -0.490. The van der Waals surface area contributed by atoms with Crippen molar-refractivity contribution < 1.29 is 24.5 Å². The largest absolute Gasteiger partial charge is 0.368 e. The van der Waals surface area contributed by atoms with Crippen LogP contribution in [0.25, 0.3) is 0 Å². The molecule has 1 heterocycles. The van der Waals surface area contributed by atoms with Gasteiger partial charge in [-0.2, -0.15) is 0 Å². The fourth-order valence-corrected chi connectivity index (χ4v) is 0.988. The number of hydrogen-bond donors (Lipinski definition) is 2. The molecule has 0 aromatic carbocycles. The summed E-state index contributed by atoms with van der Waals surface area (Å²) < 4.78 is 9.92. The van der Waals surface area contributed by atoms with Gasteiger partial charge in [-0.3, -0.25) is 4.79 Å². The lowest BCUT2D eigenvalue weighted by Crippen LogP contribution is -2.16. The zero-order valence-corrected chi connectivity index (χ0v) is 9.09. The quantitative estimate of drug-likeness (QED) is 0.533. The second-order valence-electron chi connectivity index (χ2n) is 3.22. The summed E-state index contributed by atoms with van der Waals surface area (Å²) in [5, 5.41) is 16.2. The van der Waals surface area contributed by atoms with Crippen LogP contribution in [0.2, 0.25) is 0 Å². The summed E-state index contributed by atoms with van der Waals surface area (Å²) >= 11 is 0. The molecule has 0 unspecified atom stereocenters. The van der Waals surface area contributed by atoms with Gasteiger partial charge in [0.15, 0.2) is 12.6 Å². The topological polar surface area (TPSA) is 76.0 Å². The van der Waals surface area contributed by atoms with E-state index in [1.807, 2.05) is 6.92 Å². The van der Waals surface area contributed by atoms with Crippen LogP contribution in [0.15, 0.2) is 0 Å². The second kappa shape index (κ2) is 10.0. The Morgan fingerprint density at radius 3 is 2.13 bits per heavy atom. The molecule has 2 N–H and O–H groups in total. The van der Waals surface area contributed by atoms with E-state index in [4.69, 9.17) is 19.7 Å². The van der Waals surface area contributed by atoms with E-state index in [1.165, 1.54) is 0 Å². The minimum absolute atomic E-state index is 0.486. The third-order valence-electron chi connectivity index (χ3n) is 1.76. The third kappa shape index (κ3) is 9.81. The van der Waals surface area contributed by atoms with Gasteiger partial charge in [-0.05, 0) is 19.3 Å². The molecule has 0 atom stereocenters. The second-order valence-corrected chi connectivity index (χ2v) is 3.22. The standard InChI is InChI=1S/C6H10O3.C4H10O2/c7-5-6-8-3-1-2-4-9-6;1-2-3-4(5)6/h5-6H,1-4H2;4-6H,2-3H2,1H3. The highest BCUT2D eigenvalue weighted by molar-refractivity contribution is 5.53. The van der Waals surface area contributed by atoms with E-state index in [0.717, 1.165) is 19.3 Å². The number of aliphatic hydroxyl groups excluding tert-OH is 1. The van der Waals surface area contributed by atoms with Crippen LogP contribution in [0.4, 0.5) is 0 Å². The number of hydrogen-bond acceptors (Lipinski definition) is 5. The molecule has 0 amide bonds. The minimum atomic E-state index is -1.10. The molecule has 5 heteroatoms. The zero-order chi connectivity index (χ0) is 11.5. The number of aldehydes is 1. The summed E-state index contributed by atoms with van der Waals surface area (Å²) in [7, 11) is 0. The van der Waals surface area contributed by atoms with Gasteiger partial charge in [-0.15, -0.1) is 0 Å². The lowest BCUT2D eigenvalue weighted by atomic mass is 10.3. The van der Waals surface area contributed by atoms with E-state index >= 15 is 0 Å². The number of aliphatic hydroxyl groups is 2. The van der Waals surface area contributed by atoms with Crippen molar-refractivity contribution >= 4 is 6.29 Å². The maximum absolute atomic E-state index is 10.1. The summed E-state index contributed by atoms with van der Waals surface area (Å²) in [6, 6.07) is 0. The van der Waals surface area contributed by atoms with E-state index in [1.54, 1.807) is 0 Å². The summed E-state index contributed by atoms with van der Waals surface area (Å²) in [4.78, 5) is 10.1. The van der Waals surface area contributed by atoms with Crippen LogP contribution in [-0.2, 0) is 14.3 Å². The monoisotopic (exact) mass is 220 g/mol. The van der Waals surface area contributed by atoms with Crippen LogP contribution in [0.3, 0.4) is 0 Å². The predicted molar refractivity (Wildman–Crippen MR) is 54.1 cm³/mol. The van der Waals surface area contributed by atoms with Crippen molar-refractivity contribution in [1.29, 1.82) is 0 Å². The van der Waals surface area contributed by atoms with Gasteiger partial charge in [-0.1, -0.05) is 13.3 Å².